The molecule has 0 radical (unpaired) electrons. The number of hydrogen-bond donors (Lipinski definition) is 4. The second-order valence-electron chi connectivity index (χ2n) is 19.4. The average Bonchev–Trinajstić information content (AvgIpc) is 3.03. The highest BCUT2D eigenvalue weighted by atomic mass is 16.7. The molecule has 2 saturated carbocycles. The highest BCUT2D eigenvalue weighted by Gasteiger charge is 2.80. The van der Waals surface area contributed by atoms with Gasteiger partial charge in [0.25, 0.3) is 0 Å². The number of nitrogens with one attached hydrogen (secondary N) is 1. The van der Waals surface area contributed by atoms with Crippen molar-refractivity contribution in [1.29, 1.82) is 0 Å². The minimum atomic E-state index is -1.85. The third-order valence-electron chi connectivity index (χ3n) is 13.4. The van der Waals surface area contributed by atoms with Crippen LogP contribution < -0.4 is 5.32 Å². The van der Waals surface area contributed by atoms with Gasteiger partial charge >= 0.3 is 24.0 Å². The second-order valence-corrected chi connectivity index (χ2v) is 19.4. The van der Waals surface area contributed by atoms with Gasteiger partial charge in [0, 0.05) is 42.4 Å². The monoisotopic (exact) mass is 807 g/mol. The summed E-state index contributed by atoms with van der Waals surface area (Å²) in [7, 11) is 0. The van der Waals surface area contributed by atoms with Crippen LogP contribution in [0.25, 0.3) is 0 Å². The number of rotatable bonds is 10. The molecule has 15 heteroatoms. The molecule has 5 rings (SSSR count). The summed E-state index contributed by atoms with van der Waals surface area (Å²) < 4.78 is 43.4. The van der Waals surface area contributed by atoms with Gasteiger partial charge in [-0.3, -0.25) is 9.59 Å². The molecular formula is C42H65NO14. The van der Waals surface area contributed by atoms with E-state index in [2.05, 4.69) is 11.9 Å². The van der Waals surface area contributed by atoms with E-state index in [4.69, 9.17) is 33.2 Å². The van der Waals surface area contributed by atoms with Gasteiger partial charge in [0.1, 0.15) is 23.9 Å². The van der Waals surface area contributed by atoms with Gasteiger partial charge in [-0.15, -0.1) is 0 Å². The number of hydrogen-bond acceptors (Lipinski definition) is 14. The number of aliphatic hydroxyl groups excluding tert-OH is 2. The normalized spacial score (nSPS) is 38.1. The Morgan fingerprint density at radius 1 is 1.02 bits per heavy atom. The zero-order valence-electron chi connectivity index (χ0n) is 35.8. The number of ether oxygens (including phenoxy) is 7. The lowest BCUT2D eigenvalue weighted by Gasteiger charge is -2.73. The summed E-state index contributed by atoms with van der Waals surface area (Å²) in [6.45, 7) is 25.6. The van der Waals surface area contributed by atoms with E-state index < -0.39 is 118 Å². The molecule has 2 bridgehead atoms. The lowest BCUT2D eigenvalue weighted by atomic mass is 9.38. The van der Waals surface area contributed by atoms with Gasteiger partial charge in [-0.1, -0.05) is 41.2 Å². The zero-order chi connectivity index (χ0) is 43.0. The van der Waals surface area contributed by atoms with Crippen molar-refractivity contribution >= 4 is 24.0 Å². The average molecular weight is 808 g/mol. The van der Waals surface area contributed by atoms with E-state index >= 15 is 0 Å². The Morgan fingerprint density at radius 3 is 2.14 bits per heavy atom. The number of carbonyl (C=O) groups is 4. The molecule has 0 spiro atoms. The van der Waals surface area contributed by atoms with Gasteiger partial charge in [0.2, 0.25) is 0 Å². The van der Waals surface area contributed by atoms with Crippen LogP contribution in [-0.2, 0) is 47.5 Å². The van der Waals surface area contributed by atoms with E-state index in [9.17, 15) is 34.5 Å². The molecule has 0 aromatic carbocycles. The Balaban J connectivity index is 1.74. The van der Waals surface area contributed by atoms with Crippen molar-refractivity contribution in [3.63, 3.8) is 0 Å². The summed E-state index contributed by atoms with van der Waals surface area (Å²) >= 11 is 0. The first kappa shape index (κ1) is 45.0. The summed E-state index contributed by atoms with van der Waals surface area (Å²) in [6, 6.07) is -1.10. The predicted octanol–water partition coefficient (Wildman–Crippen LogP) is 4.03. The minimum Gasteiger partial charge on any atom is -0.456 e. The molecule has 2 aliphatic heterocycles. The van der Waals surface area contributed by atoms with E-state index in [1.165, 1.54) is 19.9 Å². The van der Waals surface area contributed by atoms with E-state index in [0.29, 0.717) is 11.1 Å². The third kappa shape index (κ3) is 7.43. The molecule has 0 aromatic rings. The maximum absolute atomic E-state index is 14.2. The number of esters is 3. The van der Waals surface area contributed by atoms with Crippen LogP contribution in [0.4, 0.5) is 4.79 Å². The molecule has 0 aromatic heterocycles. The van der Waals surface area contributed by atoms with Gasteiger partial charge in [0.05, 0.1) is 30.5 Å². The van der Waals surface area contributed by atoms with Gasteiger partial charge in [-0.25, -0.2) is 9.59 Å². The molecule has 13 atom stereocenters. The molecule has 1 unspecified atom stereocenters. The smallest absolute Gasteiger partial charge is 0.407 e. The molecule has 1 amide bonds. The van der Waals surface area contributed by atoms with Crippen molar-refractivity contribution in [2.45, 2.75) is 181 Å². The standard InChI is InChI=1S/C42H65NO14/c1-15-28-54-26-17-27-41(19-51-27,56-23(6)45)32-33(47)42(39(12,13)50)18-25(53-35(48)30(46)24(16-20(2)3)43-36(49)57-37(7,8)9)21(4)29(38(42,10)11)31(52-22(5)44)34(55-28)40(26,32)14/h15,20,24-28,30-34,46-47,50H,1,16-19H2,2-14H3,(H,43,49)/t24-,25-,26-,27+,28?,30+,31-,32-,33-,34-,40+,41-,42+/m0/s1. The summed E-state index contributed by atoms with van der Waals surface area (Å²) in [5, 5.41) is 40.2. The van der Waals surface area contributed by atoms with Crippen LogP contribution >= 0.6 is 0 Å². The molecule has 322 valence electrons. The van der Waals surface area contributed by atoms with Crippen molar-refractivity contribution in [2.75, 3.05) is 6.61 Å². The van der Waals surface area contributed by atoms with E-state index in [1.807, 2.05) is 34.6 Å². The van der Waals surface area contributed by atoms with Crippen LogP contribution in [0.2, 0.25) is 0 Å². The number of amides is 1. The van der Waals surface area contributed by atoms with E-state index in [0.717, 1.165) is 0 Å². The Morgan fingerprint density at radius 2 is 1.65 bits per heavy atom. The molecule has 2 heterocycles. The van der Waals surface area contributed by atoms with Crippen LogP contribution in [0.15, 0.2) is 23.8 Å². The van der Waals surface area contributed by atoms with Gasteiger partial charge in [-0.05, 0) is 77.5 Å². The van der Waals surface area contributed by atoms with Crippen molar-refractivity contribution in [3.8, 4) is 0 Å². The van der Waals surface area contributed by atoms with Gasteiger partial charge in [0.15, 0.2) is 24.1 Å². The third-order valence-corrected chi connectivity index (χ3v) is 13.4. The van der Waals surface area contributed by atoms with Crippen molar-refractivity contribution in [2.24, 2.45) is 28.1 Å². The highest BCUT2D eigenvalue weighted by Crippen LogP contribution is 2.71. The number of aliphatic hydroxyl groups is 3. The van der Waals surface area contributed by atoms with E-state index in [1.54, 1.807) is 41.5 Å². The van der Waals surface area contributed by atoms with Crippen molar-refractivity contribution in [1.82, 2.24) is 5.32 Å². The first-order valence-electron chi connectivity index (χ1n) is 20.0. The second kappa shape index (κ2) is 15.2. The van der Waals surface area contributed by atoms with Crippen molar-refractivity contribution in [3.05, 3.63) is 23.8 Å². The lowest BCUT2D eigenvalue weighted by Crippen LogP contribution is -2.83. The summed E-state index contributed by atoms with van der Waals surface area (Å²) in [4.78, 5) is 53.2. The van der Waals surface area contributed by atoms with Gasteiger partial charge in [-0.2, -0.15) is 0 Å². The zero-order valence-corrected chi connectivity index (χ0v) is 35.8. The fourth-order valence-corrected chi connectivity index (χ4v) is 11.2. The molecule has 57 heavy (non-hydrogen) atoms. The Kier molecular flexibility index (Phi) is 12.0. The maximum Gasteiger partial charge on any atom is 0.407 e. The number of carbonyl (C=O) groups excluding carboxylic acids is 4. The Labute approximate surface area is 336 Å². The van der Waals surface area contributed by atoms with Crippen LogP contribution in [0, 0.1) is 28.1 Å². The summed E-state index contributed by atoms with van der Waals surface area (Å²) in [6.07, 6.45) is -8.36. The van der Waals surface area contributed by atoms with Gasteiger partial charge < -0.3 is 53.8 Å². The molecule has 3 aliphatic carbocycles. The lowest BCUT2D eigenvalue weighted by molar-refractivity contribution is -0.408. The quantitative estimate of drug-likeness (QED) is 0.140. The van der Waals surface area contributed by atoms with Crippen LogP contribution in [0.3, 0.4) is 0 Å². The number of alkyl carbamates (subject to hydrolysis) is 1. The minimum absolute atomic E-state index is 0.0622. The molecule has 4 N–H and O–H groups in total. The Bertz CT molecular complexity index is 1640. The first-order valence-corrected chi connectivity index (χ1v) is 20.0. The first-order chi connectivity index (χ1) is 26.1. The van der Waals surface area contributed by atoms with Crippen LogP contribution in [0.5, 0.6) is 0 Å². The molecule has 2 saturated heterocycles. The predicted molar refractivity (Wildman–Crippen MR) is 204 cm³/mol. The largest absolute Gasteiger partial charge is 0.456 e. The topological polar surface area (TPSA) is 206 Å². The SMILES string of the molecule is C=CC1O[C@H]2C[C@H]3OC[C@@]3(OC(C)=O)[C@H]3[C@H](O)[C@]4(C(C)(C)O)C[C@H](OC(=O)[C@H](O)[C@H](CC(C)C)NC(=O)OC(C)(C)C)C(C)=C([C@H](OC(C)=O)[C@H](O1)[C@]23C)C4(C)C. The van der Waals surface area contributed by atoms with Crippen LogP contribution in [0.1, 0.15) is 109 Å². The summed E-state index contributed by atoms with van der Waals surface area (Å²) in [5.41, 5.74) is -7.33. The number of fused-ring (bicyclic) bond motifs is 4. The fourth-order valence-electron chi connectivity index (χ4n) is 11.2. The van der Waals surface area contributed by atoms with Crippen molar-refractivity contribution < 1.29 is 67.7 Å². The Hall–Kier alpha value is -3.08. The highest BCUT2D eigenvalue weighted by molar-refractivity contribution is 5.77. The molecule has 15 nitrogen and oxygen atoms in total. The molecule has 4 fully saturated rings. The molecular weight excluding hydrogens is 742 g/mol. The summed E-state index contributed by atoms with van der Waals surface area (Å²) in [5.74, 6) is -3.46. The maximum atomic E-state index is 14.2. The fraction of sp³-hybridized carbons (Fsp3) is 0.810. The van der Waals surface area contributed by atoms with Crippen LogP contribution in [-0.4, -0.2) is 118 Å². The van der Waals surface area contributed by atoms with E-state index in [-0.39, 0.29) is 31.8 Å². The molecule has 5 aliphatic rings.